The summed E-state index contributed by atoms with van der Waals surface area (Å²) in [5.74, 6) is 0.198. The van der Waals surface area contributed by atoms with Crippen molar-refractivity contribution >= 4 is 16.7 Å². The lowest BCUT2D eigenvalue weighted by molar-refractivity contribution is -0.137. The van der Waals surface area contributed by atoms with E-state index in [0.717, 1.165) is 52.6 Å². The molecule has 0 aromatic heterocycles. The third-order valence-corrected chi connectivity index (χ3v) is 8.06. The normalized spacial score (nSPS) is 21.3. The largest absolute Gasteiger partial charge is 0.478 e. The summed E-state index contributed by atoms with van der Waals surface area (Å²) in [5, 5.41) is 15.0. The van der Waals surface area contributed by atoms with Crippen LogP contribution < -0.4 is 5.32 Å². The van der Waals surface area contributed by atoms with Crippen LogP contribution in [0.5, 0.6) is 0 Å². The fourth-order valence-corrected chi connectivity index (χ4v) is 6.06. The highest BCUT2D eigenvalue weighted by molar-refractivity contribution is 6.04. The standard InChI is InChI=1S/C31H26F3NO2/c32-31(33,34)25-9-5-18(6-10-25)21-8-12-27-23(13-21)14-24(30(36)37)15-29(27)20-3-1-19(2-4-20)28-16-26-11-7-22(28)17-35-26/h1-6,8-10,12-15,22,26,28,35H,7,11,16-17H2,(H,36,37). The second-order valence-corrected chi connectivity index (χ2v) is 10.2. The Labute approximate surface area is 213 Å². The number of carboxylic acids is 1. The first kappa shape index (κ1) is 23.7. The number of benzene rings is 4. The Hall–Kier alpha value is -3.64. The van der Waals surface area contributed by atoms with Gasteiger partial charge in [-0.3, -0.25) is 0 Å². The van der Waals surface area contributed by atoms with Crippen LogP contribution in [-0.2, 0) is 6.18 Å². The van der Waals surface area contributed by atoms with Crippen LogP contribution in [0.4, 0.5) is 13.2 Å². The minimum Gasteiger partial charge on any atom is -0.478 e. The number of carbonyl (C=O) groups is 1. The van der Waals surface area contributed by atoms with Crippen LogP contribution in [0.3, 0.4) is 0 Å². The average molecular weight is 502 g/mol. The maximum atomic E-state index is 13.0. The minimum absolute atomic E-state index is 0.173. The van der Waals surface area contributed by atoms with Crippen LogP contribution in [0.15, 0.2) is 78.9 Å². The molecular weight excluding hydrogens is 475 g/mol. The SMILES string of the molecule is O=C(O)c1cc(-c2ccc(C3CC4CCC3CN4)cc2)c2ccc(-c3ccc(C(F)(F)F)cc3)cc2c1. The lowest BCUT2D eigenvalue weighted by Crippen LogP contribution is -2.48. The van der Waals surface area contributed by atoms with Crippen molar-refractivity contribution in [3.8, 4) is 22.3 Å². The quantitative estimate of drug-likeness (QED) is 0.301. The first-order chi connectivity index (χ1) is 17.8. The van der Waals surface area contributed by atoms with E-state index in [1.165, 1.54) is 30.5 Å². The molecule has 4 aromatic rings. The van der Waals surface area contributed by atoms with Crippen LogP contribution in [0.2, 0.25) is 0 Å². The number of fused-ring (bicyclic) bond motifs is 4. The summed E-state index contributed by atoms with van der Waals surface area (Å²) in [6, 6.07) is 23.1. The zero-order valence-electron chi connectivity index (χ0n) is 20.1. The highest BCUT2D eigenvalue weighted by Gasteiger charge is 2.36. The van der Waals surface area contributed by atoms with Crippen LogP contribution in [0.25, 0.3) is 33.0 Å². The van der Waals surface area contributed by atoms with Gasteiger partial charge in [-0.15, -0.1) is 0 Å². The summed E-state index contributed by atoms with van der Waals surface area (Å²) >= 11 is 0. The summed E-state index contributed by atoms with van der Waals surface area (Å²) in [5.41, 5.74) is 3.94. The maximum Gasteiger partial charge on any atom is 0.416 e. The maximum absolute atomic E-state index is 13.0. The predicted octanol–water partition coefficient (Wildman–Crippen LogP) is 7.75. The number of aromatic carboxylic acids is 1. The van der Waals surface area contributed by atoms with Crippen molar-refractivity contribution in [2.75, 3.05) is 6.54 Å². The summed E-state index contributed by atoms with van der Waals surface area (Å²) in [7, 11) is 0. The van der Waals surface area contributed by atoms with Gasteiger partial charge in [0.05, 0.1) is 11.1 Å². The number of nitrogens with one attached hydrogen (secondary N) is 1. The second-order valence-electron chi connectivity index (χ2n) is 10.2. The van der Waals surface area contributed by atoms with Crippen molar-refractivity contribution in [2.24, 2.45) is 5.92 Å². The van der Waals surface area contributed by atoms with Crippen LogP contribution in [-0.4, -0.2) is 23.7 Å². The van der Waals surface area contributed by atoms with E-state index >= 15 is 0 Å². The van der Waals surface area contributed by atoms with Crippen molar-refractivity contribution in [3.05, 3.63) is 95.6 Å². The molecule has 1 aliphatic carbocycles. The molecule has 2 heterocycles. The Balaban J connectivity index is 1.37. The van der Waals surface area contributed by atoms with Gasteiger partial charge in [-0.2, -0.15) is 13.2 Å². The number of piperidine rings is 2. The van der Waals surface area contributed by atoms with Gasteiger partial charge in [-0.05, 0) is 107 Å². The molecule has 2 saturated heterocycles. The van der Waals surface area contributed by atoms with E-state index in [-0.39, 0.29) is 5.56 Å². The zero-order chi connectivity index (χ0) is 25.7. The number of alkyl halides is 3. The molecule has 2 aliphatic heterocycles. The molecule has 3 atom stereocenters. The van der Waals surface area contributed by atoms with E-state index in [9.17, 15) is 23.1 Å². The molecule has 37 heavy (non-hydrogen) atoms. The fraction of sp³-hybridized carbons (Fsp3) is 0.258. The molecule has 188 valence electrons. The van der Waals surface area contributed by atoms with E-state index in [1.807, 2.05) is 18.2 Å². The van der Waals surface area contributed by atoms with Crippen LogP contribution in [0, 0.1) is 5.92 Å². The molecule has 4 aromatic carbocycles. The lowest BCUT2D eigenvalue weighted by atomic mass is 9.70. The number of hydrogen-bond acceptors (Lipinski definition) is 2. The molecule has 0 amide bonds. The Morgan fingerprint density at radius 1 is 0.838 bits per heavy atom. The average Bonchev–Trinajstić information content (AvgIpc) is 2.92. The monoisotopic (exact) mass is 501 g/mol. The molecule has 3 unspecified atom stereocenters. The molecule has 3 aliphatic rings. The first-order valence-corrected chi connectivity index (χ1v) is 12.6. The Morgan fingerprint density at radius 3 is 2.14 bits per heavy atom. The fourth-order valence-electron chi connectivity index (χ4n) is 6.06. The number of rotatable bonds is 4. The highest BCUT2D eigenvalue weighted by Crippen LogP contribution is 2.42. The molecule has 2 bridgehead atoms. The summed E-state index contributed by atoms with van der Waals surface area (Å²) in [4.78, 5) is 11.9. The van der Waals surface area contributed by atoms with Crippen LogP contribution in [0.1, 0.15) is 46.7 Å². The van der Waals surface area contributed by atoms with Gasteiger partial charge >= 0.3 is 12.1 Å². The third kappa shape index (κ3) is 4.51. The third-order valence-electron chi connectivity index (χ3n) is 8.06. The van der Waals surface area contributed by atoms with E-state index in [0.29, 0.717) is 23.4 Å². The molecule has 6 heteroatoms. The van der Waals surface area contributed by atoms with E-state index in [1.54, 1.807) is 12.1 Å². The molecule has 7 rings (SSSR count). The van der Waals surface area contributed by atoms with Crippen LogP contribution >= 0.6 is 0 Å². The smallest absolute Gasteiger partial charge is 0.416 e. The van der Waals surface area contributed by atoms with Gasteiger partial charge in [0.25, 0.3) is 0 Å². The van der Waals surface area contributed by atoms with Gasteiger partial charge in [0.1, 0.15) is 0 Å². The molecule has 0 spiro atoms. The van der Waals surface area contributed by atoms with Gasteiger partial charge in [0, 0.05) is 6.04 Å². The van der Waals surface area contributed by atoms with Crippen molar-refractivity contribution in [2.45, 2.75) is 37.4 Å². The van der Waals surface area contributed by atoms with Crippen molar-refractivity contribution < 1.29 is 23.1 Å². The molecule has 3 fully saturated rings. The van der Waals surface area contributed by atoms with Gasteiger partial charge in [0.15, 0.2) is 0 Å². The van der Waals surface area contributed by atoms with Crippen molar-refractivity contribution in [1.82, 2.24) is 5.32 Å². The highest BCUT2D eigenvalue weighted by atomic mass is 19.4. The van der Waals surface area contributed by atoms with Gasteiger partial charge in [-0.1, -0.05) is 48.5 Å². The molecule has 1 saturated carbocycles. The summed E-state index contributed by atoms with van der Waals surface area (Å²) in [6.45, 7) is 1.07. The summed E-state index contributed by atoms with van der Waals surface area (Å²) in [6.07, 6.45) is -0.720. The Bertz CT molecular complexity index is 1470. The van der Waals surface area contributed by atoms with Gasteiger partial charge in [-0.25, -0.2) is 4.79 Å². The molecule has 0 radical (unpaired) electrons. The van der Waals surface area contributed by atoms with Gasteiger partial charge in [0.2, 0.25) is 0 Å². The summed E-state index contributed by atoms with van der Waals surface area (Å²) < 4.78 is 38.9. The first-order valence-electron chi connectivity index (χ1n) is 12.6. The number of halogens is 3. The molecule has 3 nitrogen and oxygen atoms in total. The Kier molecular flexibility index (Phi) is 5.80. The van der Waals surface area contributed by atoms with E-state index < -0.39 is 17.7 Å². The Morgan fingerprint density at radius 2 is 1.54 bits per heavy atom. The molecule has 2 N–H and O–H groups in total. The zero-order valence-corrected chi connectivity index (χ0v) is 20.1. The predicted molar refractivity (Wildman–Crippen MR) is 139 cm³/mol. The second kappa shape index (κ2) is 9.03. The number of carboxylic acid groups (broad SMARTS) is 1. The van der Waals surface area contributed by atoms with E-state index in [2.05, 4.69) is 29.6 Å². The minimum atomic E-state index is -4.39. The van der Waals surface area contributed by atoms with E-state index in [4.69, 9.17) is 0 Å². The number of hydrogen-bond donors (Lipinski definition) is 2. The van der Waals surface area contributed by atoms with Gasteiger partial charge < -0.3 is 10.4 Å². The van der Waals surface area contributed by atoms with Crippen molar-refractivity contribution in [3.63, 3.8) is 0 Å². The molecular formula is C31H26F3NO2. The lowest BCUT2D eigenvalue weighted by Gasteiger charge is -2.43. The van der Waals surface area contributed by atoms with Crippen molar-refractivity contribution in [1.29, 1.82) is 0 Å². The topological polar surface area (TPSA) is 49.3 Å².